The van der Waals surface area contributed by atoms with E-state index in [1.54, 1.807) is 0 Å². The highest BCUT2D eigenvalue weighted by molar-refractivity contribution is 5.39. The first kappa shape index (κ1) is 19.5. The molecule has 0 saturated heterocycles. The summed E-state index contributed by atoms with van der Waals surface area (Å²) < 4.78 is 104. The van der Waals surface area contributed by atoms with E-state index in [1.807, 2.05) is 0 Å². The minimum Gasteiger partial charge on any atom is -0.429 e. The highest BCUT2D eigenvalue weighted by Gasteiger charge is 2.44. The number of rotatable bonds is 3. The summed E-state index contributed by atoms with van der Waals surface area (Å²) in [7, 11) is 0. The largest absolute Gasteiger partial charge is 0.429 e. The SMILES string of the molecule is Cc1ccc(C(F)(F)Oc2cc(F)c3c(c2)COC(C(F)(F)F)C3)c(F)c1. The van der Waals surface area contributed by atoms with Gasteiger partial charge in [-0.25, -0.2) is 8.78 Å². The van der Waals surface area contributed by atoms with Gasteiger partial charge in [0.1, 0.15) is 17.4 Å². The second-order valence-corrected chi connectivity index (χ2v) is 6.19. The molecule has 1 heterocycles. The van der Waals surface area contributed by atoms with E-state index in [1.165, 1.54) is 13.0 Å². The lowest BCUT2D eigenvalue weighted by molar-refractivity contribution is -0.226. The second kappa shape index (κ2) is 6.70. The van der Waals surface area contributed by atoms with Crippen LogP contribution in [0.2, 0.25) is 0 Å². The van der Waals surface area contributed by atoms with Crippen molar-refractivity contribution in [2.45, 2.75) is 38.3 Å². The molecule has 1 aliphatic rings. The van der Waals surface area contributed by atoms with Gasteiger partial charge in [-0.3, -0.25) is 0 Å². The van der Waals surface area contributed by atoms with E-state index in [0.717, 1.165) is 18.2 Å². The van der Waals surface area contributed by atoms with Gasteiger partial charge in [-0.2, -0.15) is 22.0 Å². The molecule has 9 heteroatoms. The van der Waals surface area contributed by atoms with Crippen LogP contribution in [0.25, 0.3) is 0 Å². The average molecular weight is 394 g/mol. The zero-order valence-corrected chi connectivity index (χ0v) is 13.8. The maximum atomic E-state index is 14.3. The van der Waals surface area contributed by atoms with Crippen LogP contribution in [0, 0.1) is 18.6 Å². The van der Waals surface area contributed by atoms with E-state index < -0.39 is 54.4 Å². The summed E-state index contributed by atoms with van der Waals surface area (Å²) in [6.07, 6.45) is -11.7. The lowest BCUT2D eigenvalue weighted by Crippen LogP contribution is -2.37. The molecule has 0 radical (unpaired) electrons. The Morgan fingerprint density at radius 2 is 1.70 bits per heavy atom. The normalized spacial score (nSPS) is 17.6. The van der Waals surface area contributed by atoms with E-state index in [2.05, 4.69) is 9.47 Å². The third kappa shape index (κ3) is 4.02. The third-order valence-electron chi connectivity index (χ3n) is 4.14. The molecule has 1 unspecified atom stereocenters. The maximum absolute atomic E-state index is 14.3. The van der Waals surface area contributed by atoms with E-state index in [0.29, 0.717) is 11.6 Å². The molecule has 0 N–H and O–H groups in total. The number of benzene rings is 2. The lowest BCUT2D eigenvalue weighted by Gasteiger charge is -2.28. The molecule has 0 aliphatic carbocycles. The van der Waals surface area contributed by atoms with E-state index in [-0.39, 0.29) is 11.1 Å². The van der Waals surface area contributed by atoms with Crippen LogP contribution >= 0.6 is 0 Å². The Hall–Kier alpha value is -2.29. The Morgan fingerprint density at radius 1 is 1.00 bits per heavy atom. The topological polar surface area (TPSA) is 18.5 Å². The van der Waals surface area contributed by atoms with Crippen LogP contribution in [0.3, 0.4) is 0 Å². The van der Waals surface area contributed by atoms with Crippen molar-refractivity contribution >= 4 is 0 Å². The molecule has 0 spiro atoms. The summed E-state index contributed by atoms with van der Waals surface area (Å²) in [6, 6.07) is 4.51. The van der Waals surface area contributed by atoms with Crippen molar-refractivity contribution in [2.75, 3.05) is 0 Å². The van der Waals surface area contributed by atoms with Crippen molar-refractivity contribution in [3.05, 3.63) is 64.2 Å². The average Bonchev–Trinajstić information content (AvgIpc) is 2.52. The number of fused-ring (bicyclic) bond motifs is 1. The number of hydrogen-bond acceptors (Lipinski definition) is 2. The van der Waals surface area contributed by atoms with Crippen molar-refractivity contribution in [3.63, 3.8) is 0 Å². The van der Waals surface area contributed by atoms with Crippen LogP contribution in [-0.4, -0.2) is 12.3 Å². The molecule has 2 nitrogen and oxygen atoms in total. The number of ether oxygens (including phenoxy) is 2. The molecular formula is C18H13F7O2. The van der Waals surface area contributed by atoms with Gasteiger partial charge in [-0.1, -0.05) is 6.07 Å². The van der Waals surface area contributed by atoms with Gasteiger partial charge >= 0.3 is 12.3 Å². The molecule has 27 heavy (non-hydrogen) atoms. The molecule has 0 amide bonds. The number of hydrogen-bond donors (Lipinski definition) is 0. The monoisotopic (exact) mass is 394 g/mol. The summed E-state index contributed by atoms with van der Waals surface area (Å²) >= 11 is 0. The maximum Gasteiger partial charge on any atom is 0.429 e. The lowest BCUT2D eigenvalue weighted by atomic mass is 9.98. The van der Waals surface area contributed by atoms with Gasteiger partial charge < -0.3 is 9.47 Å². The van der Waals surface area contributed by atoms with Crippen LogP contribution in [-0.2, 0) is 23.9 Å². The van der Waals surface area contributed by atoms with Crippen molar-refractivity contribution in [3.8, 4) is 5.75 Å². The summed E-state index contributed by atoms with van der Waals surface area (Å²) in [5.41, 5.74) is -0.936. The molecule has 2 aromatic rings. The first-order valence-electron chi connectivity index (χ1n) is 7.80. The van der Waals surface area contributed by atoms with Gasteiger partial charge in [0.15, 0.2) is 6.10 Å². The summed E-state index contributed by atoms with van der Waals surface area (Å²) in [4.78, 5) is 0. The van der Waals surface area contributed by atoms with Gasteiger partial charge in [-0.15, -0.1) is 0 Å². The predicted octanol–water partition coefficient (Wildman–Crippen LogP) is 5.41. The first-order valence-corrected chi connectivity index (χ1v) is 7.80. The minimum absolute atomic E-state index is 0.0364. The Kier molecular flexibility index (Phi) is 4.83. The molecule has 3 rings (SSSR count). The fraction of sp³-hybridized carbons (Fsp3) is 0.333. The Balaban J connectivity index is 1.88. The van der Waals surface area contributed by atoms with Gasteiger partial charge in [0.05, 0.1) is 12.2 Å². The molecule has 146 valence electrons. The molecule has 0 bridgehead atoms. The summed E-state index contributed by atoms with van der Waals surface area (Å²) in [5.74, 6) is -2.97. The Labute approximate surface area is 149 Å². The number of halogens is 7. The zero-order valence-electron chi connectivity index (χ0n) is 13.8. The van der Waals surface area contributed by atoms with Crippen molar-refractivity contribution in [1.29, 1.82) is 0 Å². The molecule has 0 fully saturated rings. The smallest absolute Gasteiger partial charge is 0.429 e. The van der Waals surface area contributed by atoms with Gasteiger partial charge in [0, 0.05) is 12.5 Å². The highest BCUT2D eigenvalue weighted by Crippen LogP contribution is 2.38. The third-order valence-corrected chi connectivity index (χ3v) is 4.14. The summed E-state index contributed by atoms with van der Waals surface area (Å²) in [5, 5.41) is 0. The van der Waals surface area contributed by atoms with Gasteiger partial charge in [0.25, 0.3) is 0 Å². The fourth-order valence-corrected chi connectivity index (χ4v) is 2.79. The van der Waals surface area contributed by atoms with E-state index in [4.69, 9.17) is 0 Å². The van der Waals surface area contributed by atoms with Crippen LogP contribution in [0.15, 0.2) is 30.3 Å². The van der Waals surface area contributed by atoms with Crippen LogP contribution in [0.1, 0.15) is 22.3 Å². The molecule has 0 aromatic heterocycles. The Bertz CT molecular complexity index is 862. The second-order valence-electron chi connectivity index (χ2n) is 6.19. The van der Waals surface area contributed by atoms with Crippen LogP contribution < -0.4 is 4.74 Å². The van der Waals surface area contributed by atoms with Crippen molar-refractivity contribution < 1.29 is 40.2 Å². The quantitative estimate of drug-likeness (QED) is 0.649. The Morgan fingerprint density at radius 3 is 2.33 bits per heavy atom. The minimum atomic E-state index is -4.67. The molecule has 1 aliphatic heterocycles. The molecule has 0 saturated carbocycles. The fourth-order valence-electron chi connectivity index (χ4n) is 2.79. The zero-order chi connectivity index (χ0) is 20.0. The predicted molar refractivity (Wildman–Crippen MR) is 80.4 cm³/mol. The highest BCUT2D eigenvalue weighted by atomic mass is 19.4. The molecule has 1 atom stereocenters. The van der Waals surface area contributed by atoms with Gasteiger partial charge in [0.2, 0.25) is 0 Å². The van der Waals surface area contributed by atoms with Crippen molar-refractivity contribution in [2.24, 2.45) is 0 Å². The number of aryl methyl sites for hydroxylation is 1. The number of alkyl halides is 5. The van der Waals surface area contributed by atoms with E-state index >= 15 is 0 Å². The van der Waals surface area contributed by atoms with Gasteiger partial charge in [-0.05, 0) is 41.8 Å². The van der Waals surface area contributed by atoms with E-state index in [9.17, 15) is 30.7 Å². The van der Waals surface area contributed by atoms with Crippen molar-refractivity contribution in [1.82, 2.24) is 0 Å². The van der Waals surface area contributed by atoms with Crippen LogP contribution in [0.4, 0.5) is 30.7 Å². The first-order chi connectivity index (χ1) is 12.5. The standard InChI is InChI=1S/C18H13F7O2/c1-9-2-3-13(15(20)4-9)18(24,25)27-11-5-10-8-26-16(17(21,22)23)7-12(10)14(19)6-11/h2-6,16H,7-8H2,1H3. The molecular weight excluding hydrogens is 381 g/mol. The molecule has 2 aromatic carbocycles. The van der Waals surface area contributed by atoms with Crippen LogP contribution in [0.5, 0.6) is 5.75 Å². The summed E-state index contributed by atoms with van der Waals surface area (Å²) in [6.45, 7) is 0.900.